The summed E-state index contributed by atoms with van der Waals surface area (Å²) in [7, 11) is 1.63. The summed E-state index contributed by atoms with van der Waals surface area (Å²) in [6.45, 7) is 1.89. The lowest BCUT2D eigenvalue weighted by Crippen LogP contribution is -2.06. The first-order valence-electron chi connectivity index (χ1n) is 6.74. The van der Waals surface area contributed by atoms with Crippen molar-refractivity contribution in [3.05, 3.63) is 71.5 Å². The maximum atomic E-state index is 12.7. The highest BCUT2D eigenvalue weighted by molar-refractivity contribution is 6.15. The summed E-state index contributed by atoms with van der Waals surface area (Å²) in [6, 6.07) is 16.8. The average Bonchev–Trinajstić information content (AvgIpc) is 2.53. The number of pyridine rings is 1. The molecule has 21 heavy (non-hydrogen) atoms. The van der Waals surface area contributed by atoms with Gasteiger partial charge in [-0.2, -0.15) is 0 Å². The first kappa shape index (κ1) is 13.3. The predicted octanol–water partition coefficient (Wildman–Crippen LogP) is 3.78. The number of hydrogen-bond donors (Lipinski definition) is 0. The Bertz CT molecular complexity index is 810. The van der Waals surface area contributed by atoms with Gasteiger partial charge in [-0.1, -0.05) is 30.3 Å². The maximum absolute atomic E-state index is 12.7. The number of aromatic nitrogens is 1. The molecule has 3 heteroatoms. The predicted molar refractivity (Wildman–Crippen MR) is 82.9 cm³/mol. The van der Waals surface area contributed by atoms with Crippen LogP contribution >= 0.6 is 0 Å². The molecule has 1 heterocycles. The highest BCUT2D eigenvalue weighted by atomic mass is 16.5. The van der Waals surface area contributed by atoms with Crippen LogP contribution in [-0.4, -0.2) is 17.9 Å². The molecule has 0 saturated carbocycles. The largest absolute Gasteiger partial charge is 0.497 e. The lowest BCUT2D eigenvalue weighted by molar-refractivity contribution is 0.103. The first-order valence-corrected chi connectivity index (χ1v) is 6.74. The topological polar surface area (TPSA) is 39.2 Å². The lowest BCUT2D eigenvalue weighted by atomic mass is 10.0. The van der Waals surface area contributed by atoms with Crippen molar-refractivity contribution in [3.63, 3.8) is 0 Å². The molecule has 0 fully saturated rings. The van der Waals surface area contributed by atoms with Gasteiger partial charge in [0.15, 0.2) is 0 Å². The average molecular weight is 277 g/mol. The van der Waals surface area contributed by atoms with Gasteiger partial charge in [0, 0.05) is 16.6 Å². The smallest absolute Gasteiger partial charge is 0.211 e. The number of methoxy groups -OCH3 is 1. The van der Waals surface area contributed by atoms with E-state index in [9.17, 15) is 4.79 Å². The van der Waals surface area contributed by atoms with E-state index in [1.54, 1.807) is 7.11 Å². The van der Waals surface area contributed by atoms with Crippen molar-refractivity contribution in [2.75, 3.05) is 7.11 Å². The summed E-state index contributed by atoms with van der Waals surface area (Å²) in [4.78, 5) is 17.1. The van der Waals surface area contributed by atoms with Crippen LogP contribution in [0.2, 0.25) is 0 Å². The van der Waals surface area contributed by atoms with Crippen molar-refractivity contribution in [2.45, 2.75) is 6.92 Å². The number of nitrogens with zero attached hydrogens (tertiary/aromatic N) is 1. The highest BCUT2D eigenvalue weighted by Gasteiger charge is 2.15. The van der Waals surface area contributed by atoms with Crippen LogP contribution in [0.4, 0.5) is 0 Å². The molecule has 0 aliphatic rings. The standard InChI is InChI=1S/C18H15NO2/c1-12-10-14-11-15(21-2)8-9-16(14)17(19-12)18(20)13-6-4-3-5-7-13/h3-11H,1-2H3. The molecule has 0 aliphatic heterocycles. The molecule has 3 aromatic rings. The van der Waals surface area contributed by atoms with E-state index >= 15 is 0 Å². The van der Waals surface area contributed by atoms with Crippen LogP contribution in [0.5, 0.6) is 5.75 Å². The molecule has 3 rings (SSSR count). The molecule has 0 saturated heterocycles. The Hall–Kier alpha value is -2.68. The van der Waals surface area contributed by atoms with E-state index in [0.29, 0.717) is 11.3 Å². The minimum atomic E-state index is -0.0607. The van der Waals surface area contributed by atoms with E-state index in [-0.39, 0.29) is 5.78 Å². The SMILES string of the molecule is COc1ccc2c(C(=O)c3ccccc3)nc(C)cc2c1. The number of ketones is 1. The summed E-state index contributed by atoms with van der Waals surface area (Å²) in [6.07, 6.45) is 0. The van der Waals surface area contributed by atoms with Gasteiger partial charge in [-0.25, -0.2) is 4.98 Å². The lowest BCUT2D eigenvalue weighted by Gasteiger charge is -2.08. The van der Waals surface area contributed by atoms with Crippen LogP contribution < -0.4 is 4.74 Å². The van der Waals surface area contributed by atoms with Crippen molar-refractivity contribution in [2.24, 2.45) is 0 Å². The van der Waals surface area contributed by atoms with Crippen molar-refractivity contribution < 1.29 is 9.53 Å². The number of fused-ring (bicyclic) bond motifs is 1. The van der Waals surface area contributed by atoms with Crippen LogP contribution in [0, 0.1) is 6.92 Å². The molecule has 0 unspecified atom stereocenters. The van der Waals surface area contributed by atoms with Crippen molar-refractivity contribution in [1.82, 2.24) is 4.98 Å². The fraction of sp³-hybridized carbons (Fsp3) is 0.111. The number of carbonyl (C=O) groups is 1. The van der Waals surface area contributed by atoms with E-state index in [2.05, 4.69) is 4.98 Å². The molecule has 0 aliphatic carbocycles. The van der Waals surface area contributed by atoms with Crippen LogP contribution in [0.15, 0.2) is 54.6 Å². The van der Waals surface area contributed by atoms with E-state index in [4.69, 9.17) is 4.74 Å². The normalized spacial score (nSPS) is 10.6. The van der Waals surface area contributed by atoms with E-state index < -0.39 is 0 Å². The fourth-order valence-corrected chi connectivity index (χ4v) is 2.40. The third-order valence-electron chi connectivity index (χ3n) is 3.42. The van der Waals surface area contributed by atoms with Gasteiger partial charge in [-0.05, 0) is 36.6 Å². The number of benzene rings is 2. The summed E-state index contributed by atoms with van der Waals surface area (Å²) in [5.41, 5.74) is 1.95. The zero-order valence-corrected chi connectivity index (χ0v) is 12.0. The molecule has 3 nitrogen and oxygen atoms in total. The molecule has 0 N–H and O–H groups in total. The third kappa shape index (κ3) is 2.50. The Morgan fingerprint density at radius 1 is 1.05 bits per heavy atom. The Kier molecular flexibility index (Phi) is 3.40. The molecule has 0 amide bonds. The van der Waals surface area contributed by atoms with Gasteiger partial charge in [0.1, 0.15) is 11.4 Å². The number of rotatable bonds is 3. The number of aryl methyl sites for hydroxylation is 1. The number of carbonyl (C=O) groups excluding carboxylic acids is 1. The van der Waals surface area contributed by atoms with Gasteiger partial charge >= 0.3 is 0 Å². The van der Waals surface area contributed by atoms with Crippen molar-refractivity contribution in [3.8, 4) is 5.75 Å². The summed E-state index contributed by atoms with van der Waals surface area (Å²) in [5, 5.41) is 1.80. The molecular formula is C18H15NO2. The Balaban J connectivity index is 2.20. The molecule has 104 valence electrons. The van der Waals surface area contributed by atoms with Crippen molar-refractivity contribution in [1.29, 1.82) is 0 Å². The minimum absolute atomic E-state index is 0.0607. The Morgan fingerprint density at radius 3 is 2.52 bits per heavy atom. The van der Waals surface area contributed by atoms with Gasteiger partial charge < -0.3 is 4.74 Å². The van der Waals surface area contributed by atoms with Gasteiger partial charge in [0.2, 0.25) is 5.78 Å². The molecule has 1 aromatic heterocycles. The summed E-state index contributed by atoms with van der Waals surface area (Å²) in [5.74, 6) is 0.709. The van der Waals surface area contributed by atoms with E-state index in [0.717, 1.165) is 22.2 Å². The Labute approximate surface area is 123 Å². The molecular weight excluding hydrogens is 262 g/mol. The maximum Gasteiger partial charge on any atom is 0.211 e. The second-order valence-corrected chi connectivity index (χ2v) is 4.89. The zero-order chi connectivity index (χ0) is 14.8. The fourth-order valence-electron chi connectivity index (χ4n) is 2.40. The Morgan fingerprint density at radius 2 is 1.81 bits per heavy atom. The monoisotopic (exact) mass is 277 g/mol. The summed E-state index contributed by atoms with van der Waals surface area (Å²) < 4.78 is 5.24. The van der Waals surface area contributed by atoms with Gasteiger partial charge in [0.05, 0.1) is 7.11 Å². The quantitative estimate of drug-likeness (QED) is 0.684. The van der Waals surface area contributed by atoms with Crippen LogP contribution in [0.1, 0.15) is 21.7 Å². The second kappa shape index (κ2) is 5.37. The molecule has 0 atom stereocenters. The summed E-state index contributed by atoms with van der Waals surface area (Å²) >= 11 is 0. The van der Waals surface area contributed by atoms with Gasteiger partial charge in [0.25, 0.3) is 0 Å². The van der Waals surface area contributed by atoms with Crippen LogP contribution in [0.3, 0.4) is 0 Å². The van der Waals surface area contributed by atoms with Gasteiger partial charge in [-0.3, -0.25) is 4.79 Å². The number of ether oxygens (including phenoxy) is 1. The minimum Gasteiger partial charge on any atom is -0.497 e. The first-order chi connectivity index (χ1) is 10.2. The van der Waals surface area contributed by atoms with Crippen LogP contribution in [0.25, 0.3) is 10.8 Å². The third-order valence-corrected chi connectivity index (χ3v) is 3.42. The van der Waals surface area contributed by atoms with Crippen molar-refractivity contribution >= 4 is 16.6 Å². The second-order valence-electron chi connectivity index (χ2n) is 4.89. The molecule has 0 bridgehead atoms. The zero-order valence-electron chi connectivity index (χ0n) is 12.0. The molecule has 0 radical (unpaired) electrons. The van der Waals surface area contributed by atoms with Crippen LogP contribution in [-0.2, 0) is 0 Å². The van der Waals surface area contributed by atoms with Gasteiger partial charge in [-0.15, -0.1) is 0 Å². The van der Waals surface area contributed by atoms with E-state index in [1.165, 1.54) is 0 Å². The van der Waals surface area contributed by atoms with E-state index in [1.807, 2.05) is 61.5 Å². The number of hydrogen-bond acceptors (Lipinski definition) is 3. The highest BCUT2D eigenvalue weighted by Crippen LogP contribution is 2.25. The molecule has 2 aromatic carbocycles. The molecule has 0 spiro atoms.